The fourth-order valence-electron chi connectivity index (χ4n) is 5.53. The predicted octanol–water partition coefficient (Wildman–Crippen LogP) is 2.11. The summed E-state index contributed by atoms with van der Waals surface area (Å²) in [6.45, 7) is 6.39. The number of ether oxygens (including phenoxy) is 1. The van der Waals surface area contributed by atoms with Crippen LogP contribution in [0.3, 0.4) is 0 Å². The molecule has 3 unspecified atom stereocenters. The zero-order valence-electron chi connectivity index (χ0n) is 18.4. The third-order valence-corrected chi connectivity index (χ3v) is 7.14. The molecule has 3 N–H and O–H groups in total. The Morgan fingerprint density at radius 2 is 2.06 bits per heavy atom. The van der Waals surface area contributed by atoms with Gasteiger partial charge in [0.1, 0.15) is 23.5 Å². The number of anilines is 1. The minimum atomic E-state index is -0.891. The molecule has 0 aliphatic carbocycles. The number of halogens is 1. The summed E-state index contributed by atoms with van der Waals surface area (Å²) in [7, 11) is 0. The summed E-state index contributed by atoms with van der Waals surface area (Å²) in [5.41, 5.74) is 9.15. The number of aryl methyl sites for hydroxylation is 2. The van der Waals surface area contributed by atoms with E-state index in [2.05, 4.69) is 44.3 Å². The van der Waals surface area contributed by atoms with Gasteiger partial charge in [0, 0.05) is 36.9 Å². The van der Waals surface area contributed by atoms with Crippen molar-refractivity contribution in [3.8, 4) is 5.82 Å². The van der Waals surface area contributed by atoms with Crippen LogP contribution < -0.4 is 16.0 Å². The van der Waals surface area contributed by atoms with Crippen LogP contribution in [0.15, 0.2) is 24.4 Å². The minimum Gasteiger partial charge on any atom is -0.372 e. The molecule has 4 atom stereocenters. The Kier molecular flexibility index (Phi) is 4.50. The SMILES string of the molecule is Cc1nc(N2CC3C[C@]2(N)CO3)cc(-n2ncc3cc(C)c(C4CCNCC4F)cc32)n1. The Hall–Kier alpha value is -2.62. The number of nitrogens with two attached hydrogens (primary N) is 1. The lowest BCUT2D eigenvalue weighted by atomic mass is 9.85. The van der Waals surface area contributed by atoms with Crippen molar-refractivity contribution in [1.82, 2.24) is 25.1 Å². The maximum absolute atomic E-state index is 14.7. The molecule has 5 heterocycles. The normalized spacial score (nSPS) is 29.9. The van der Waals surface area contributed by atoms with Crippen molar-refractivity contribution in [2.75, 3.05) is 31.1 Å². The fourth-order valence-corrected chi connectivity index (χ4v) is 5.53. The third kappa shape index (κ3) is 3.10. The van der Waals surface area contributed by atoms with Gasteiger partial charge in [0.15, 0.2) is 5.82 Å². The first-order valence-corrected chi connectivity index (χ1v) is 11.3. The van der Waals surface area contributed by atoms with E-state index in [1.807, 2.05) is 23.9 Å². The van der Waals surface area contributed by atoms with Crippen molar-refractivity contribution in [3.63, 3.8) is 0 Å². The Morgan fingerprint density at radius 1 is 1.22 bits per heavy atom. The zero-order valence-corrected chi connectivity index (χ0v) is 18.4. The molecule has 8 nitrogen and oxygen atoms in total. The van der Waals surface area contributed by atoms with Gasteiger partial charge in [-0.3, -0.25) is 0 Å². The van der Waals surface area contributed by atoms with Crippen molar-refractivity contribution in [1.29, 1.82) is 0 Å². The van der Waals surface area contributed by atoms with Crippen molar-refractivity contribution >= 4 is 16.7 Å². The molecule has 0 radical (unpaired) electrons. The average Bonchev–Trinajstić information content (AvgIpc) is 3.44. The first-order valence-electron chi connectivity index (χ1n) is 11.3. The highest BCUT2D eigenvalue weighted by atomic mass is 19.1. The number of morpholine rings is 1. The van der Waals surface area contributed by atoms with Crippen molar-refractivity contribution in [2.24, 2.45) is 5.73 Å². The monoisotopic (exact) mass is 437 g/mol. The van der Waals surface area contributed by atoms with Gasteiger partial charge in [-0.1, -0.05) is 0 Å². The highest BCUT2D eigenvalue weighted by Crippen LogP contribution is 2.38. The lowest BCUT2D eigenvalue weighted by Gasteiger charge is -2.36. The minimum absolute atomic E-state index is 0.107. The molecule has 0 amide bonds. The van der Waals surface area contributed by atoms with E-state index >= 15 is 0 Å². The number of nitrogens with one attached hydrogen (secondary N) is 1. The molecule has 0 spiro atoms. The van der Waals surface area contributed by atoms with E-state index in [1.165, 1.54) is 0 Å². The van der Waals surface area contributed by atoms with Gasteiger partial charge < -0.3 is 20.7 Å². The summed E-state index contributed by atoms with van der Waals surface area (Å²) in [6.07, 6.45) is 2.69. The van der Waals surface area contributed by atoms with E-state index in [0.717, 1.165) is 53.8 Å². The maximum atomic E-state index is 14.7. The molecule has 6 rings (SSSR count). The maximum Gasteiger partial charge on any atom is 0.159 e. The smallest absolute Gasteiger partial charge is 0.159 e. The second-order valence-electron chi connectivity index (χ2n) is 9.42. The van der Waals surface area contributed by atoms with Gasteiger partial charge in [0.05, 0.1) is 24.4 Å². The van der Waals surface area contributed by atoms with E-state index in [4.69, 9.17) is 10.5 Å². The third-order valence-electron chi connectivity index (χ3n) is 7.14. The van der Waals surface area contributed by atoms with Crippen LogP contribution in [0, 0.1) is 13.8 Å². The second-order valence-corrected chi connectivity index (χ2v) is 9.42. The molecule has 32 heavy (non-hydrogen) atoms. The van der Waals surface area contributed by atoms with E-state index in [0.29, 0.717) is 24.8 Å². The zero-order chi connectivity index (χ0) is 22.0. The van der Waals surface area contributed by atoms with Crippen molar-refractivity contribution < 1.29 is 9.13 Å². The molecule has 3 aromatic rings. The van der Waals surface area contributed by atoms with Crippen LogP contribution in [0.1, 0.15) is 35.7 Å². The number of fused-ring (bicyclic) bond motifs is 3. The molecular weight excluding hydrogens is 409 g/mol. The number of benzene rings is 1. The van der Waals surface area contributed by atoms with Crippen LogP contribution in [0.5, 0.6) is 0 Å². The van der Waals surface area contributed by atoms with Crippen molar-refractivity contribution in [3.05, 3.63) is 41.3 Å². The van der Waals surface area contributed by atoms with Crippen LogP contribution >= 0.6 is 0 Å². The molecule has 2 bridgehead atoms. The molecule has 1 aromatic carbocycles. The lowest BCUT2D eigenvalue weighted by Crippen LogP contribution is -2.56. The van der Waals surface area contributed by atoms with Crippen molar-refractivity contribution in [2.45, 2.75) is 50.5 Å². The number of aromatic nitrogens is 4. The van der Waals surface area contributed by atoms with Crippen LogP contribution in [-0.4, -0.2) is 63.9 Å². The second kappa shape index (κ2) is 7.19. The Morgan fingerprint density at radius 3 is 2.81 bits per heavy atom. The Bertz CT molecular complexity index is 1200. The van der Waals surface area contributed by atoms with E-state index < -0.39 is 11.8 Å². The topological polar surface area (TPSA) is 94.1 Å². The number of hydrogen-bond donors (Lipinski definition) is 2. The summed E-state index contributed by atoms with van der Waals surface area (Å²) >= 11 is 0. The van der Waals surface area contributed by atoms with Gasteiger partial charge in [-0.05, 0) is 50.1 Å². The van der Waals surface area contributed by atoms with E-state index in [-0.39, 0.29) is 12.0 Å². The van der Waals surface area contributed by atoms with Crippen LogP contribution in [0.25, 0.3) is 16.7 Å². The molecule has 3 saturated heterocycles. The summed E-state index contributed by atoms with van der Waals surface area (Å²) in [5.74, 6) is 2.03. The predicted molar refractivity (Wildman–Crippen MR) is 120 cm³/mol. The first-order chi connectivity index (χ1) is 15.4. The number of piperidine rings is 1. The summed E-state index contributed by atoms with van der Waals surface area (Å²) in [4.78, 5) is 11.5. The number of rotatable bonds is 3. The largest absolute Gasteiger partial charge is 0.372 e. The number of alkyl halides is 1. The van der Waals surface area contributed by atoms with Crippen LogP contribution in [-0.2, 0) is 4.74 Å². The molecule has 3 aliphatic heterocycles. The standard InChI is InChI=1S/C23H28FN7O/c1-13-5-15-9-27-31(20(15)6-18(13)17-3-4-26-10-19(17)24)22-7-21(28-14(2)29-22)30-11-16-8-23(30,25)12-32-16/h5-7,9,16-17,19,26H,3-4,8,10-12,25H2,1-2H3/t16?,17?,19?,23-/m1/s1. The van der Waals surface area contributed by atoms with Gasteiger partial charge >= 0.3 is 0 Å². The van der Waals surface area contributed by atoms with Gasteiger partial charge in [-0.25, -0.2) is 19.0 Å². The van der Waals surface area contributed by atoms with Gasteiger partial charge in [-0.15, -0.1) is 0 Å². The van der Waals surface area contributed by atoms with Gasteiger partial charge in [0.25, 0.3) is 0 Å². The number of nitrogens with zero attached hydrogens (tertiary/aromatic N) is 5. The Balaban J connectivity index is 1.43. The van der Waals surface area contributed by atoms with Gasteiger partial charge in [0.2, 0.25) is 0 Å². The summed E-state index contributed by atoms with van der Waals surface area (Å²) in [6, 6.07) is 6.13. The van der Waals surface area contributed by atoms with Crippen LogP contribution in [0.2, 0.25) is 0 Å². The first kappa shape index (κ1) is 20.0. The van der Waals surface area contributed by atoms with Crippen LogP contribution in [0.4, 0.5) is 10.2 Å². The number of hydrogen-bond acceptors (Lipinski definition) is 7. The molecule has 3 aliphatic rings. The van der Waals surface area contributed by atoms with Gasteiger partial charge in [-0.2, -0.15) is 5.10 Å². The molecule has 168 valence electrons. The molecular formula is C23H28FN7O. The molecule has 2 aromatic heterocycles. The molecule has 3 fully saturated rings. The Labute approximate surface area is 186 Å². The van der Waals surface area contributed by atoms with E-state index in [1.54, 1.807) is 0 Å². The molecule has 9 heteroatoms. The summed E-state index contributed by atoms with van der Waals surface area (Å²) < 4.78 is 22.3. The average molecular weight is 438 g/mol. The quantitative estimate of drug-likeness (QED) is 0.648. The summed E-state index contributed by atoms with van der Waals surface area (Å²) in [5, 5.41) is 8.79. The molecule has 0 saturated carbocycles. The highest BCUT2D eigenvalue weighted by molar-refractivity contribution is 5.82. The lowest BCUT2D eigenvalue weighted by molar-refractivity contribution is 0.0849. The highest BCUT2D eigenvalue weighted by Gasteiger charge is 2.50. The van der Waals surface area contributed by atoms with E-state index in [9.17, 15) is 4.39 Å². The fraction of sp³-hybridized carbons (Fsp3) is 0.522.